The quantitative estimate of drug-likeness (QED) is 0.326. The van der Waals surface area contributed by atoms with Gasteiger partial charge in [0, 0.05) is 6.54 Å². The summed E-state index contributed by atoms with van der Waals surface area (Å²) in [6.07, 6.45) is 6.18. The molecule has 1 aliphatic heterocycles. The number of aliphatic hydroxyl groups is 1. The van der Waals surface area contributed by atoms with E-state index in [1.54, 1.807) is 12.3 Å². The van der Waals surface area contributed by atoms with E-state index < -0.39 is 0 Å². The molecule has 2 heterocycles. The predicted octanol–water partition coefficient (Wildman–Crippen LogP) is 0.917. The molecule has 0 radical (unpaired) electrons. The Bertz CT molecular complexity index is 433. The first-order valence-electron chi connectivity index (χ1n) is 6.57. The maximum Gasteiger partial charge on any atom is 0.188 e. The lowest BCUT2D eigenvalue weighted by Crippen LogP contribution is -2.37. The van der Waals surface area contributed by atoms with E-state index in [1.165, 1.54) is 6.42 Å². The molecular weight excluding hydrogens is 244 g/mol. The molecule has 1 aromatic heterocycles. The lowest BCUT2D eigenvalue weighted by Gasteiger charge is -2.30. The minimum absolute atomic E-state index is 0.00104. The van der Waals surface area contributed by atoms with E-state index in [1.807, 2.05) is 6.07 Å². The second-order valence-electron chi connectivity index (χ2n) is 4.77. The third kappa shape index (κ3) is 3.14. The Morgan fingerprint density at radius 2 is 2.26 bits per heavy atom. The van der Waals surface area contributed by atoms with Gasteiger partial charge in [-0.2, -0.15) is 0 Å². The minimum atomic E-state index is 0.00104. The Labute approximate surface area is 112 Å². The van der Waals surface area contributed by atoms with Crippen LogP contribution >= 0.6 is 0 Å². The maximum atomic E-state index is 9.49. The van der Waals surface area contributed by atoms with Crippen LogP contribution in [0, 0.1) is 0 Å². The number of aliphatic hydroxyl groups excluding tert-OH is 1. The van der Waals surface area contributed by atoms with Crippen LogP contribution in [0.5, 0.6) is 0 Å². The van der Waals surface area contributed by atoms with Gasteiger partial charge in [-0.1, -0.05) is 18.0 Å². The molecule has 6 nitrogen and oxygen atoms in total. The fourth-order valence-corrected chi connectivity index (χ4v) is 2.47. The van der Waals surface area contributed by atoms with Gasteiger partial charge < -0.3 is 20.9 Å². The smallest absolute Gasteiger partial charge is 0.188 e. The molecule has 0 saturated carbocycles. The van der Waals surface area contributed by atoms with E-state index >= 15 is 0 Å². The first-order valence-corrected chi connectivity index (χ1v) is 6.57. The average Bonchev–Trinajstić information content (AvgIpc) is 2.71. The van der Waals surface area contributed by atoms with Crippen LogP contribution in [0.2, 0.25) is 0 Å². The first kappa shape index (κ1) is 13.6. The number of anilines is 1. The zero-order valence-electron chi connectivity index (χ0n) is 10.9. The minimum Gasteiger partial charge on any atom is -0.409 e. The van der Waals surface area contributed by atoms with Crippen molar-refractivity contribution < 1.29 is 10.3 Å². The van der Waals surface area contributed by atoms with Crippen molar-refractivity contribution in [1.82, 2.24) is 4.98 Å². The highest BCUT2D eigenvalue weighted by Gasteiger charge is 2.20. The number of pyridine rings is 1. The summed E-state index contributed by atoms with van der Waals surface area (Å²) in [6, 6.07) is 3.77. The van der Waals surface area contributed by atoms with Gasteiger partial charge in [-0.15, -0.1) is 0 Å². The van der Waals surface area contributed by atoms with E-state index in [-0.39, 0.29) is 18.5 Å². The molecule has 1 saturated heterocycles. The number of amidine groups is 1. The van der Waals surface area contributed by atoms with Crippen LogP contribution < -0.4 is 10.6 Å². The summed E-state index contributed by atoms with van der Waals surface area (Å²) in [7, 11) is 0. The Kier molecular flexibility index (Phi) is 4.57. The standard InChI is InChI=1S/C13H20N4O2/c14-13(16-19)12-6-5-10(8-15-12)17-7-3-1-2-4-11(17)9-18/h5-6,8,11,18-19H,1-4,7,9H2,(H2,14,16). The van der Waals surface area contributed by atoms with Crippen LogP contribution in [0.1, 0.15) is 31.4 Å². The predicted molar refractivity (Wildman–Crippen MR) is 73.4 cm³/mol. The van der Waals surface area contributed by atoms with E-state index in [2.05, 4.69) is 15.0 Å². The molecule has 0 amide bonds. The van der Waals surface area contributed by atoms with Crippen LogP contribution in [0.25, 0.3) is 0 Å². The number of nitrogens with zero attached hydrogens (tertiary/aromatic N) is 3. The second-order valence-corrected chi connectivity index (χ2v) is 4.77. The molecule has 0 aromatic carbocycles. The average molecular weight is 264 g/mol. The number of aromatic nitrogens is 1. The highest BCUT2D eigenvalue weighted by molar-refractivity contribution is 5.95. The number of rotatable bonds is 3. The molecule has 1 atom stereocenters. The molecule has 0 aliphatic carbocycles. The van der Waals surface area contributed by atoms with Gasteiger partial charge in [0.25, 0.3) is 0 Å². The zero-order valence-corrected chi connectivity index (χ0v) is 10.9. The van der Waals surface area contributed by atoms with Gasteiger partial charge in [-0.25, -0.2) is 0 Å². The third-order valence-electron chi connectivity index (χ3n) is 3.54. The summed E-state index contributed by atoms with van der Waals surface area (Å²) in [4.78, 5) is 6.38. The summed E-state index contributed by atoms with van der Waals surface area (Å²) in [5.41, 5.74) is 6.90. The van der Waals surface area contributed by atoms with Crippen LogP contribution in [0.15, 0.2) is 23.5 Å². The highest BCUT2D eigenvalue weighted by atomic mass is 16.4. The Morgan fingerprint density at radius 1 is 1.42 bits per heavy atom. The topological polar surface area (TPSA) is 95.0 Å². The molecule has 2 rings (SSSR count). The Hall–Kier alpha value is -1.82. The Balaban J connectivity index is 2.19. The maximum absolute atomic E-state index is 9.49. The number of nitrogens with two attached hydrogens (primary N) is 1. The first-order chi connectivity index (χ1) is 9.26. The van der Waals surface area contributed by atoms with Gasteiger partial charge in [0.05, 0.1) is 24.5 Å². The summed E-state index contributed by atoms with van der Waals surface area (Å²) in [5, 5.41) is 21.0. The van der Waals surface area contributed by atoms with Crippen molar-refractivity contribution in [3.05, 3.63) is 24.0 Å². The van der Waals surface area contributed by atoms with Crippen LogP contribution in [-0.4, -0.2) is 40.3 Å². The summed E-state index contributed by atoms with van der Waals surface area (Å²) < 4.78 is 0. The van der Waals surface area contributed by atoms with Gasteiger partial charge in [0.15, 0.2) is 5.84 Å². The van der Waals surface area contributed by atoms with E-state index in [0.717, 1.165) is 31.5 Å². The van der Waals surface area contributed by atoms with E-state index in [4.69, 9.17) is 10.9 Å². The molecule has 1 unspecified atom stereocenters. The molecule has 1 aromatic rings. The van der Waals surface area contributed by atoms with Crippen LogP contribution in [0.4, 0.5) is 5.69 Å². The molecule has 1 aliphatic rings. The summed E-state index contributed by atoms with van der Waals surface area (Å²) in [6.45, 7) is 1.08. The van der Waals surface area contributed by atoms with Crippen molar-refractivity contribution in [3.63, 3.8) is 0 Å². The van der Waals surface area contributed by atoms with Gasteiger partial charge in [0.1, 0.15) is 5.69 Å². The van der Waals surface area contributed by atoms with Crippen molar-refractivity contribution in [2.75, 3.05) is 18.1 Å². The van der Waals surface area contributed by atoms with Gasteiger partial charge >= 0.3 is 0 Å². The summed E-state index contributed by atoms with van der Waals surface area (Å²) in [5.74, 6) is 0.00104. The van der Waals surface area contributed by atoms with Crippen LogP contribution in [0.3, 0.4) is 0 Å². The molecule has 0 spiro atoms. The zero-order chi connectivity index (χ0) is 13.7. The molecule has 4 N–H and O–H groups in total. The number of hydrogen-bond acceptors (Lipinski definition) is 5. The van der Waals surface area contributed by atoms with Crippen molar-refractivity contribution in [2.24, 2.45) is 10.9 Å². The van der Waals surface area contributed by atoms with E-state index in [9.17, 15) is 5.11 Å². The van der Waals surface area contributed by atoms with Crippen molar-refractivity contribution >= 4 is 11.5 Å². The monoisotopic (exact) mass is 264 g/mol. The Morgan fingerprint density at radius 3 is 2.89 bits per heavy atom. The van der Waals surface area contributed by atoms with Crippen molar-refractivity contribution in [2.45, 2.75) is 31.7 Å². The van der Waals surface area contributed by atoms with Crippen LogP contribution in [-0.2, 0) is 0 Å². The number of hydrogen-bond donors (Lipinski definition) is 3. The van der Waals surface area contributed by atoms with Gasteiger partial charge in [0.2, 0.25) is 0 Å². The SMILES string of the molecule is N/C(=N/O)c1ccc(N2CCCCCC2CO)cn1. The summed E-state index contributed by atoms with van der Waals surface area (Å²) >= 11 is 0. The molecular formula is C13H20N4O2. The lowest BCUT2D eigenvalue weighted by atomic mass is 10.1. The molecule has 19 heavy (non-hydrogen) atoms. The molecule has 6 heteroatoms. The fraction of sp³-hybridized carbons (Fsp3) is 0.538. The molecule has 104 valence electrons. The number of oxime groups is 1. The van der Waals surface area contributed by atoms with Gasteiger partial charge in [-0.3, -0.25) is 4.98 Å². The molecule has 1 fully saturated rings. The normalized spacial score (nSPS) is 21.2. The third-order valence-corrected chi connectivity index (χ3v) is 3.54. The largest absolute Gasteiger partial charge is 0.409 e. The van der Waals surface area contributed by atoms with E-state index in [0.29, 0.717) is 5.69 Å². The highest BCUT2D eigenvalue weighted by Crippen LogP contribution is 2.23. The fourth-order valence-electron chi connectivity index (χ4n) is 2.47. The van der Waals surface area contributed by atoms with Crippen molar-refractivity contribution in [3.8, 4) is 0 Å². The van der Waals surface area contributed by atoms with Crippen molar-refractivity contribution in [1.29, 1.82) is 0 Å². The lowest BCUT2D eigenvalue weighted by molar-refractivity contribution is 0.255. The van der Waals surface area contributed by atoms with Gasteiger partial charge in [-0.05, 0) is 25.0 Å². The molecule has 0 bridgehead atoms. The second kappa shape index (κ2) is 6.38.